The van der Waals surface area contributed by atoms with Gasteiger partial charge in [0, 0.05) is 24.7 Å². The van der Waals surface area contributed by atoms with Crippen molar-refractivity contribution < 1.29 is 53.1 Å². The molecule has 11 rings (SSSR count). The van der Waals surface area contributed by atoms with Crippen molar-refractivity contribution in [3.05, 3.63) is 0 Å². The standard InChI is InChI=1S/C19H32O2.C16H26O4.C13H18O5/c1-6-17(2,3)16(20)21-18(4,5)19-10-13-7-14(11-19)9-15(8-13)12-19;1-4-13(2,3)12(17)20-16-7-11-5-14(18,9-16)8-15(19,6-11)10-16;1-4-13(2,3)12(15)18-9-7-5-6-8(16-7)10(9)17-11(6)14/h13-15H,6-12H2,1-5H3;11,18-19H,4-10H2,1-3H3;6-10H,4-5H2,1-3H3. The normalized spacial score (nSPS) is 42.1. The Labute approximate surface area is 353 Å². The molecule has 0 aromatic carbocycles. The van der Waals surface area contributed by atoms with Crippen molar-refractivity contribution in [2.45, 2.75) is 226 Å². The Hall–Kier alpha value is -2.24. The molecule has 0 spiro atoms. The summed E-state index contributed by atoms with van der Waals surface area (Å²) in [5, 5.41) is 21.3. The molecule has 11 aliphatic rings. The lowest BCUT2D eigenvalue weighted by Gasteiger charge is -2.62. The molecule has 59 heavy (non-hydrogen) atoms. The predicted octanol–water partition coefficient (Wildman–Crippen LogP) is 8.17. The molecule has 8 aliphatic carbocycles. The van der Waals surface area contributed by atoms with Gasteiger partial charge >= 0.3 is 23.9 Å². The summed E-state index contributed by atoms with van der Waals surface area (Å²) in [5.41, 5.74) is -3.77. The molecule has 2 N–H and O–H groups in total. The number of hydrogen-bond acceptors (Lipinski definition) is 11. The fourth-order valence-corrected chi connectivity index (χ4v) is 13.1. The molecule has 11 heteroatoms. The zero-order valence-corrected chi connectivity index (χ0v) is 38.1. The van der Waals surface area contributed by atoms with Gasteiger partial charge in [0.1, 0.15) is 17.3 Å². The van der Waals surface area contributed by atoms with Crippen LogP contribution in [0.5, 0.6) is 0 Å². The van der Waals surface area contributed by atoms with E-state index in [-0.39, 0.29) is 64.4 Å². The number of rotatable bonds is 10. The maximum absolute atomic E-state index is 12.6. The van der Waals surface area contributed by atoms with Gasteiger partial charge in [-0.1, -0.05) is 20.8 Å². The van der Waals surface area contributed by atoms with Gasteiger partial charge in [0.2, 0.25) is 0 Å². The lowest BCUT2D eigenvalue weighted by atomic mass is 9.46. The summed E-state index contributed by atoms with van der Waals surface area (Å²) in [5.74, 6) is 2.16. The molecule has 7 unspecified atom stereocenters. The average Bonchev–Trinajstić information content (AvgIpc) is 3.75. The van der Waals surface area contributed by atoms with Crippen LogP contribution >= 0.6 is 0 Å². The third-order valence-electron chi connectivity index (χ3n) is 17.3. The van der Waals surface area contributed by atoms with E-state index in [2.05, 4.69) is 20.8 Å². The van der Waals surface area contributed by atoms with E-state index in [1.54, 1.807) is 0 Å². The second-order valence-corrected chi connectivity index (χ2v) is 23.6. The van der Waals surface area contributed by atoms with Crippen molar-refractivity contribution in [2.75, 3.05) is 0 Å². The van der Waals surface area contributed by atoms with Crippen molar-refractivity contribution in [3.63, 3.8) is 0 Å². The van der Waals surface area contributed by atoms with Gasteiger partial charge in [-0.25, -0.2) is 0 Å². The molecule has 0 amide bonds. The van der Waals surface area contributed by atoms with E-state index in [0.29, 0.717) is 32.1 Å². The Kier molecular flexibility index (Phi) is 11.4. The lowest BCUT2D eigenvalue weighted by Crippen LogP contribution is -2.67. The first-order valence-corrected chi connectivity index (χ1v) is 23.2. The number of hydrogen-bond donors (Lipinski definition) is 2. The van der Waals surface area contributed by atoms with Crippen LogP contribution < -0.4 is 0 Å². The van der Waals surface area contributed by atoms with Crippen molar-refractivity contribution in [1.82, 2.24) is 0 Å². The van der Waals surface area contributed by atoms with E-state index in [0.717, 1.165) is 49.9 Å². The average molecular weight is 829 g/mol. The molecule has 3 aliphatic heterocycles. The maximum atomic E-state index is 12.6. The van der Waals surface area contributed by atoms with Gasteiger partial charge in [0.25, 0.3) is 0 Å². The maximum Gasteiger partial charge on any atom is 0.312 e. The number of ether oxygens (including phenoxy) is 5. The fraction of sp³-hybridized carbons (Fsp3) is 0.917. The third kappa shape index (κ3) is 8.25. The molecule has 0 aromatic rings. The highest BCUT2D eigenvalue weighted by Gasteiger charge is 2.66. The number of fused-ring (bicyclic) bond motifs is 1. The van der Waals surface area contributed by atoms with Gasteiger partial charge in [0.05, 0.1) is 39.5 Å². The Bertz CT molecular complexity index is 1610. The van der Waals surface area contributed by atoms with E-state index in [4.69, 9.17) is 23.7 Å². The monoisotopic (exact) mass is 829 g/mol. The molecule has 0 radical (unpaired) electrons. The van der Waals surface area contributed by atoms with Gasteiger partial charge in [-0.2, -0.15) is 0 Å². The summed E-state index contributed by atoms with van der Waals surface area (Å²) in [4.78, 5) is 48.6. The summed E-state index contributed by atoms with van der Waals surface area (Å²) in [6.07, 6.45) is 13.5. The Morgan fingerprint density at radius 3 is 1.63 bits per heavy atom. The van der Waals surface area contributed by atoms with Crippen LogP contribution in [0.2, 0.25) is 0 Å². The molecule has 11 fully saturated rings. The molecule has 10 bridgehead atoms. The van der Waals surface area contributed by atoms with Crippen LogP contribution in [0.25, 0.3) is 0 Å². The zero-order valence-electron chi connectivity index (χ0n) is 38.1. The summed E-state index contributed by atoms with van der Waals surface area (Å²) < 4.78 is 28.5. The first-order valence-electron chi connectivity index (χ1n) is 23.2. The van der Waals surface area contributed by atoms with Crippen molar-refractivity contribution in [2.24, 2.45) is 51.2 Å². The highest BCUT2D eigenvalue weighted by Crippen LogP contribution is 2.65. The minimum absolute atomic E-state index is 0.00857. The van der Waals surface area contributed by atoms with Crippen LogP contribution in [0.15, 0.2) is 0 Å². The van der Waals surface area contributed by atoms with Gasteiger partial charge in [0.15, 0.2) is 12.2 Å². The number of esters is 4. The van der Waals surface area contributed by atoms with Crippen molar-refractivity contribution in [1.29, 1.82) is 0 Å². The van der Waals surface area contributed by atoms with E-state index >= 15 is 0 Å². The van der Waals surface area contributed by atoms with Crippen LogP contribution in [0, 0.1) is 51.2 Å². The Morgan fingerprint density at radius 2 is 1.14 bits per heavy atom. The largest absolute Gasteiger partial charge is 0.459 e. The van der Waals surface area contributed by atoms with E-state index in [9.17, 15) is 29.4 Å². The SMILES string of the molecule is CCC(C)(C)C(=O)OC(C)(C)C12CC3CC(CC(C3)C1)C2.CCC(C)(C)C(=O)OC12CC3CC(O)(CC(O)(C3)C1)C2.CCC(C)(C)C(=O)OC1C2CC3C(=O)OC1C3O2. The van der Waals surface area contributed by atoms with E-state index in [1.807, 2.05) is 55.4 Å². The van der Waals surface area contributed by atoms with Crippen LogP contribution in [0.1, 0.15) is 179 Å². The summed E-state index contributed by atoms with van der Waals surface area (Å²) in [6.45, 7) is 21.9. The van der Waals surface area contributed by atoms with E-state index in [1.165, 1.54) is 38.5 Å². The number of carbonyl (C=O) groups excluding carboxylic acids is 4. The highest BCUT2D eigenvalue weighted by molar-refractivity contribution is 5.79. The molecule has 7 atom stereocenters. The Balaban J connectivity index is 0.000000135. The Morgan fingerprint density at radius 1 is 0.644 bits per heavy atom. The summed E-state index contributed by atoms with van der Waals surface area (Å²) >= 11 is 0. The quantitative estimate of drug-likeness (QED) is 0.162. The van der Waals surface area contributed by atoms with Gasteiger partial charge in [-0.05, 0) is 163 Å². The van der Waals surface area contributed by atoms with Crippen LogP contribution in [0.3, 0.4) is 0 Å². The molecule has 3 heterocycles. The van der Waals surface area contributed by atoms with Gasteiger partial charge in [-0.15, -0.1) is 0 Å². The highest BCUT2D eigenvalue weighted by atomic mass is 16.7. The minimum Gasteiger partial charge on any atom is -0.459 e. The first kappa shape index (κ1) is 44.8. The number of carbonyl (C=O) groups is 4. The van der Waals surface area contributed by atoms with Crippen LogP contribution in [-0.2, 0) is 42.9 Å². The van der Waals surface area contributed by atoms with Gasteiger partial charge in [-0.3, -0.25) is 19.2 Å². The first-order chi connectivity index (χ1) is 27.2. The summed E-state index contributed by atoms with van der Waals surface area (Å²) in [6, 6.07) is 0. The lowest BCUT2D eigenvalue weighted by molar-refractivity contribution is -0.264. The zero-order chi connectivity index (χ0) is 43.4. The fourth-order valence-electron chi connectivity index (χ4n) is 13.1. The second-order valence-electron chi connectivity index (χ2n) is 23.6. The van der Waals surface area contributed by atoms with Crippen LogP contribution in [-0.4, -0.2) is 80.9 Å². The number of aliphatic hydroxyl groups is 2. The predicted molar refractivity (Wildman–Crippen MR) is 219 cm³/mol. The molecule has 3 saturated heterocycles. The third-order valence-corrected chi connectivity index (χ3v) is 17.3. The molecular weight excluding hydrogens is 753 g/mol. The second kappa shape index (κ2) is 14.9. The molecule has 11 nitrogen and oxygen atoms in total. The van der Waals surface area contributed by atoms with Gasteiger partial charge < -0.3 is 33.9 Å². The van der Waals surface area contributed by atoms with Crippen LogP contribution in [0.4, 0.5) is 0 Å². The summed E-state index contributed by atoms with van der Waals surface area (Å²) in [7, 11) is 0. The molecular formula is C48H76O11. The molecule has 0 aromatic heterocycles. The molecule has 8 saturated carbocycles. The minimum atomic E-state index is -0.842. The van der Waals surface area contributed by atoms with E-state index < -0.39 is 39.8 Å². The van der Waals surface area contributed by atoms with Crippen molar-refractivity contribution >= 4 is 23.9 Å². The van der Waals surface area contributed by atoms with Crippen molar-refractivity contribution in [3.8, 4) is 0 Å². The topological polar surface area (TPSA) is 155 Å². The smallest absolute Gasteiger partial charge is 0.312 e. The molecule has 334 valence electrons.